The number of aromatic nitrogens is 1. The number of hydrogen-bond donors (Lipinski definition) is 1. The number of aryl methyl sites for hydroxylation is 1. The van der Waals surface area contributed by atoms with Gasteiger partial charge in [0.2, 0.25) is 0 Å². The van der Waals surface area contributed by atoms with Crippen LogP contribution in [-0.2, 0) is 0 Å². The van der Waals surface area contributed by atoms with Crippen molar-refractivity contribution in [1.82, 2.24) is 10.3 Å². The molecule has 3 nitrogen and oxygen atoms in total. The standard InChI is InChI=1S/C16H19ClN2O/c1-4-19-16(13-7-8-18-10-11(13)2)14-9-12(17)5-6-15(14)20-3/h5-10,16,19H,4H2,1-3H3. The van der Waals surface area contributed by atoms with Gasteiger partial charge in [0.05, 0.1) is 13.2 Å². The zero-order chi connectivity index (χ0) is 14.5. The van der Waals surface area contributed by atoms with E-state index in [4.69, 9.17) is 16.3 Å². The van der Waals surface area contributed by atoms with E-state index in [2.05, 4.69) is 24.1 Å². The molecule has 0 fully saturated rings. The highest BCUT2D eigenvalue weighted by Crippen LogP contribution is 2.33. The second-order valence-corrected chi connectivity index (χ2v) is 5.05. The molecule has 2 aromatic rings. The Morgan fingerprint density at radius 3 is 2.75 bits per heavy atom. The molecule has 0 radical (unpaired) electrons. The van der Waals surface area contributed by atoms with Gasteiger partial charge in [-0.15, -0.1) is 0 Å². The summed E-state index contributed by atoms with van der Waals surface area (Å²) in [6.07, 6.45) is 3.68. The Bertz CT molecular complexity index is 586. The van der Waals surface area contributed by atoms with Crippen LogP contribution < -0.4 is 10.1 Å². The first-order valence-corrected chi connectivity index (χ1v) is 7.02. The minimum atomic E-state index is 0.0386. The monoisotopic (exact) mass is 290 g/mol. The van der Waals surface area contributed by atoms with Crippen LogP contribution in [-0.4, -0.2) is 18.6 Å². The maximum atomic E-state index is 6.15. The van der Waals surface area contributed by atoms with Gasteiger partial charge in [0.1, 0.15) is 5.75 Å². The fourth-order valence-corrected chi connectivity index (χ4v) is 2.51. The Labute approximate surface area is 124 Å². The van der Waals surface area contributed by atoms with Gasteiger partial charge < -0.3 is 10.1 Å². The van der Waals surface area contributed by atoms with Crippen LogP contribution >= 0.6 is 11.6 Å². The first-order chi connectivity index (χ1) is 9.67. The predicted octanol–water partition coefficient (Wildman–Crippen LogP) is 3.75. The minimum Gasteiger partial charge on any atom is -0.496 e. The molecule has 0 bridgehead atoms. The normalized spacial score (nSPS) is 12.2. The Balaban J connectivity index is 2.54. The molecule has 2 rings (SSSR count). The molecule has 0 spiro atoms. The van der Waals surface area contributed by atoms with Crippen LogP contribution in [0.25, 0.3) is 0 Å². The topological polar surface area (TPSA) is 34.2 Å². The van der Waals surface area contributed by atoms with Crippen LogP contribution in [0.2, 0.25) is 5.02 Å². The third kappa shape index (κ3) is 3.11. The van der Waals surface area contributed by atoms with E-state index in [-0.39, 0.29) is 6.04 Å². The first-order valence-electron chi connectivity index (χ1n) is 6.64. The van der Waals surface area contributed by atoms with Crippen molar-refractivity contribution in [2.24, 2.45) is 0 Å². The van der Waals surface area contributed by atoms with Crippen LogP contribution in [0.15, 0.2) is 36.7 Å². The van der Waals surface area contributed by atoms with E-state index in [0.717, 1.165) is 23.4 Å². The first kappa shape index (κ1) is 14.8. The molecule has 0 aliphatic heterocycles. The number of benzene rings is 1. The molecular formula is C16H19ClN2O. The number of methoxy groups -OCH3 is 1. The number of ether oxygens (including phenoxy) is 1. The zero-order valence-corrected chi connectivity index (χ0v) is 12.7. The fraction of sp³-hybridized carbons (Fsp3) is 0.312. The molecule has 20 heavy (non-hydrogen) atoms. The number of nitrogens with one attached hydrogen (secondary N) is 1. The summed E-state index contributed by atoms with van der Waals surface area (Å²) >= 11 is 6.15. The average Bonchev–Trinajstić information content (AvgIpc) is 2.46. The third-order valence-corrected chi connectivity index (χ3v) is 3.52. The molecule has 1 aromatic heterocycles. The van der Waals surface area contributed by atoms with Crippen molar-refractivity contribution >= 4 is 11.6 Å². The Kier molecular flexibility index (Phi) is 4.99. The van der Waals surface area contributed by atoms with E-state index >= 15 is 0 Å². The van der Waals surface area contributed by atoms with Gasteiger partial charge in [-0.2, -0.15) is 0 Å². The van der Waals surface area contributed by atoms with E-state index in [1.807, 2.05) is 36.7 Å². The van der Waals surface area contributed by atoms with Crippen molar-refractivity contribution < 1.29 is 4.74 Å². The van der Waals surface area contributed by atoms with Gasteiger partial charge in [0.25, 0.3) is 0 Å². The summed E-state index contributed by atoms with van der Waals surface area (Å²) in [6, 6.07) is 7.76. The van der Waals surface area contributed by atoms with E-state index in [9.17, 15) is 0 Å². The third-order valence-electron chi connectivity index (χ3n) is 3.29. The molecule has 0 saturated carbocycles. The quantitative estimate of drug-likeness (QED) is 0.910. The molecule has 106 valence electrons. The minimum absolute atomic E-state index is 0.0386. The molecule has 0 amide bonds. The summed E-state index contributed by atoms with van der Waals surface area (Å²) < 4.78 is 5.47. The number of rotatable bonds is 5. The van der Waals surface area contributed by atoms with Crippen LogP contribution in [0.3, 0.4) is 0 Å². The SMILES string of the molecule is CCNC(c1ccncc1C)c1cc(Cl)ccc1OC. The summed E-state index contributed by atoms with van der Waals surface area (Å²) in [6.45, 7) is 4.99. The highest BCUT2D eigenvalue weighted by molar-refractivity contribution is 6.30. The summed E-state index contributed by atoms with van der Waals surface area (Å²) in [4.78, 5) is 4.16. The summed E-state index contributed by atoms with van der Waals surface area (Å²) in [5, 5.41) is 4.20. The number of nitrogens with zero attached hydrogens (tertiary/aromatic N) is 1. The second kappa shape index (κ2) is 6.73. The molecular weight excluding hydrogens is 272 g/mol. The largest absolute Gasteiger partial charge is 0.496 e. The van der Waals surface area contributed by atoms with Crippen molar-refractivity contribution in [3.05, 3.63) is 58.4 Å². The van der Waals surface area contributed by atoms with Crippen molar-refractivity contribution in [2.45, 2.75) is 19.9 Å². The van der Waals surface area contributed by atoms with E-state index in [0.29, 0.717) is 5.02 Å². The average molecular weight is 291 g/mol. The van der Waals surface area contributed by atoms with Crippen LogP contribution in [0.1, 0.15) is 29.7 Å². The molecule has 4 heteroatoms. The summed E-state index contributed by atoms with van der Waals surface area (Å²) in [7, 11) is 1.68. The highest BCUT2D eigenvalue weighted by atomic mass is 35.5. The fourth-order valence-electron chi connectivity index (χ4n) is 2.33. The van der Waals surface area contributed by atoms with Gasteiger partial charge in [-0.3, -0.25) is 4.98 Å². The lowest BCUT2D eigenvalue weighted by atomic mass is 9.95. The van der Waals surface area contributed by atoms with Crippen LogP contribution in [0, 0.1) is 6.92 Å². The van der Waals surface area contributed by atoms with Crippen LogP contribution in [0.4, 0.5) is 0 Å². The molecule has 1 aromatic carbocycles. The van der Waals surface area contributed by atoms with Gasteiger partial charge in [0.15, 0.2) is 0 Å². The van der Waals surface area contributed by atoms with E-state index in [1.165, 1.54) is 5.56 Å². The molecule has 1 heterocycles. The Morgan fingerprint density at radius 1 is 1.30 bits per heavy atom. The van der Waals surface area contributed by atoms with Crippen LogP contribution in [0.5, 0.6) is 5.75 Å². The maximum Gasteiger partial charge on any atom is 0.124 e. The molecule has 0 saturated heterocycles. The van der Waals surface area contributed by atoms with E-state index < -0.39 is 0 Å². The lowest BCUT2D eigenvalue weighted by molar-refractivity contribution is 0.404. The molecule has 0 aliphatic rings. The van der Waals surface area contributed by atoms with Gasteiger partial charge in [-0.1, -0.05) is 18.5 Å². The second-order valence-electron chi connectivity index (χ2n) is 4.61. The molecule has 1 atom stereocenters. The number of halogens is 1. The lowest BCUT2D eigenvalue weighted by Crippen LogP contribution is -2.23. The molecule has 1 N–H and O–H groups in total. The zero-order valence-electron chi connectivity index (χ0n) is 12.0. The lowest BCUT2D eigenvalue weighted by Gasteiger charge is -2.23. The predicted molar refractivity (Wildman–Crippen MR) is 82.5 cm³/mol. The van der Waals surface area contributed by atoms with Crippen molar-refractivity contribution in [2.75, 3.05) is 13.7 Å². The molecule has 0 aliphatic carbocycles. The van der Waals surface area contributed by atoms with Crippen molar-refractivity contribution in [3.8, 4) is 5.75 Å². The number of pyridine rings is 1. The van der Waals surface area contributed by atoms with Crippen molar-refractivity contribution in [1.29, 1.82) is 0 Å². The Hall–Kier alpha value is -1.58. The van der Waals surface area contributed by atoms with Crippen molar-refractivity contribution in [3.63, 3.8) is 0 Å². The van der Waals surface area contributed by atoms with Gasteiger partial charge in [-0.05, 0) is 48.9 Å². The maximum absolute atomic E-state index is 6.15. The smallest absolute Gasteiger partial charge is 0.124 e. The Morgan fingerprint density at radius 2 is 2.10 bits per heavy atom. The number of hydrogen-bond acceptors (Lipinski definition) is 3. The molecule has 1 unspecified atom stereocenters. The van der Waals surface area contributed by atoms with Gasteiger partial charge in [-0.25, -0.2) is 0 Å². The van der Waals surface area contributed by atoms with Gasteiger partial charge >= 0.3 is 0 Å². The van der Waals surface area contributed by atoms with Gasteiger partial charge in [0, 0.05) is 23.0 Å². The summed E-state index contributed by atoms with van der Waals surface area (Å²) in [5.41, 5.74) is 3.36. The highest BCUT2D eigenvalue weighted by Gasteiger charge is 2.19. The summed E-state index contributed by atoms with van der Waals surface area (Å²) in [5.74, 6) is 0.830. The van der Waals surface area contributed by atoms with E-state index in [1.54, 1.807) is 7.11 Å².